The number of benzene rings is 1. The third-order valence-electron chi connectivity index (χ3n) is 4.21. The number of carbonyl (C=O) groups excluding carboxylic acids is 1. The average Bonchev–Trinajstić information content (AvgIpc) is 2.65. The van der Waals surface area contributed by atoms with Crippen molar-refractivity contribution in [3.05, 3.63) is 83.6 Å². The van der Waals surface area contributed by atoms with Crippen LogP contribution in [0.5, 0.6) is 0 Å². The number of rotatable bonds is 6. The zero-order chi connectivity index (χ0) is 20.3. The van der Waals surface area contributed by atoms with Crippen molar-refractivity contribution in [2.75, 3.05) is 0 Å². The third kappa shape index (κ3) is 4.54. The highest BCUT2D eigenvalue weighted by atomic mass is 19.2. The molecule has 0 aliphatic heterocycles. The van der Waals surface area contributed by atoms with Gasteiger partial charge in [-0.05, 0) is 49.6 Å². The molecular formula is C21H18F3N3O. The van der Waals surface area contributed by atoms with E-state index in [1.54, 1.807) is 6.07 Å². The first-order chi connectivity index (χ1) is 13.3. The van der Waals surface area contributed by atoms with Crippen LogP contribution in [0, 0.1) is 17.6 Å². The van der Waals surface area contributed by atoms with Gasteiger partial charge in [-0.3, -0.25) is 9.78 Å². The summed E-state index contributed by atoms with van der Waals surface area (Å²) in [7, 11) is 0. The Morgan fingerprint density at radius 1 is 1.14 bits per heavy atom. The van der Waals surface area contributed by atoms with Crippen LogP contribution in [0.25, 0.3) is 10.9 Å². The maximum absolute atomic E-state index is 13.8. The first kappa shape index (κ1) is 19.5. The van der Waals surface area contributed by atoms with Crippen LogP contribution in [0.15, 0.2) is 54.9 Å². The average molecular weight is 385 g/mol. The molecule has 0 bridgehead atoms. The van der Waals surface area contributed by atoms with E-state index in [0.29, 0.717) is 18.2 Å². The summed E-state index contributed by atoms with van der Waals surface area (Å²) in [5.41, 5.74) is 1.73. The molecule has 0 saturated carbocycles. The SMILES string of the molecule is C=C(C)CC(Cc1ccc(F)nc1)NC(=O)c1cnc2c(F)c(F)ccc2c1. The van der Waals surface area contributed by atoms with Gasteiger partial charge in [0.1, 0.15) is 5.52 Å². The molecule has 1 N–H and O–H groups in total. The fourth-order valence-electron chi connectivity index (χ4n) is 2.94. The highest BCUT2D eigenvalue weighted by Crippen LogP contribution is 2.19. The predicted molar refractivity (Wildman–Crippen MR) is 100 cm³/mol. The highest BCUT2D eigenvalue weighted by molar-refractivity contribution is 5.97. The van der Waals surface area contributed by atoms with E-state index in [9.17, 15) is 18.0 Å². The summed E-state index contributed by atoms with van der Waals surface area (Å²) in [4.78, 5) is 20.2. The van der Waals surface area contributed by atoms with E-state index in [4.69, 9.17) is 0 Å². The number of hydrogen-bond donors (Lipinski definition) is 1. The number of pyridine rings is 2. The first-order valence-electron chi connectivity index (χ1n) is 8.63. The summed E-state index contributed by atoms with van der Waals surface area (Å²) in [6.45, 7) is 5.72. The Balaban J connectivity index is 1.80. The van der Waals surface area contributed by atoms with Crippen LogP contribution in [0.2, 0.25) is 0 Å². The molecule has 3 aromatic rings. The molecule has 28 heavy (non-hydrogen) atoms. The van der Waals surface area contributed by atoms with Crippen LogP contribution < -0.4 is 5.32 Å². The standard InChI is InChI=1S/C21H18F3N3O/c1-12(2)7-16(8-13-3-6-18(23)25-10-13)27-21(28)15-9-14-4-5-17(22)19(24)20(14)26-11-15/h3-6,9-11,16H,1,7-8H2,2H3,(H,27,28). The van der Waals surface area contributed by atoms with Crippen LogP contribution in [-0.4, -0.2) is 21.9 Å². The lowest BCUT2D eigenvalue weighted by Gasteiger charge is -2.19. The molecule has 144 valence electrons. The number of halogens is 3. The molecule has 4 nitrogen and oxygen atoms in total. The molecule has 0 aliphatic carbocycles. The topological polar surface area (TPSA) is 54.9 Å². The first-order valence-corrected chi connectivity index (χ1v) is 8.63. The minimum Gasteiger partial charge on any atom is -0.349 e. The predicted octanol–water partition coefficient (Wildman–Crippen LogP) is 4.35. The normalized spacial score (nSPS) is 12.0. The minimum atomic E-state index is -1.05. The Morgan fingerprint density at radius 2 is 1.93 bits per heavy atom. The minimum absolute atomic E-state index is 0.132. The summed E-state index contributed by atoms with van der Waals surface area (Å²) >= 11 is 0. The number of hydrogen-bond acceptors (Lipinski definition) is 3. The number of carbonyl (C=O) groups is 1. The fourth-order valence-corrected chi connectivity index (χ4v) is 2.94. The van der Waals surface area contributed by atoms with E-state index >= 15 is 0 Å². The van der Waals surface area contributed by atoms with E-state index in [1.165, 1.54) is 30.6 Å². The summed E-state index contributed by atoms with van der Waals surface area (Å²) in [5, 5.41) is 3.21. The number of amides is 1. The van der Waals surface area contributed by atoms with Crippen molar-refractivity contribution < 1.29 is 18.0 Å². The van der Waals surface area contributed by atoms with E-state index in [1.807, 2.05) is 6.92 Å². The van der Waals surface area contributed by atoms with Crippen molar-refractivity contribution in [3.63, 3.8) is 0 Å². The van der Waals surface area contributed by atoms with E-state index in [-0.39, 0.29) is 17.1 Å². The van der Waals surface area contributed by atoms with Crippen molar-refractivity contribution in [2.24, 2.45) is 0 Å². The molecule has 0 fully saturated rings. The highest BCUT2D eigenvalue weighted by Gasteiger charge is 2.17. The molecule has 1 aromatic carbocycles. The Hall–Kier alpha value is -3.22. The molecule has 1 atom stereocenters. The van der Waals surface area contributed by atoms with E-state index < -0.39 is 23.5 Å². The van der Waals surface area contributed by atoms with Crippen molar-refractivity contribution in [1.29, 1.82) is 0 Å². The Bertz CT molecular complexity index is 1030. The summed E-state index contributed by atoms with van der Waals surface area (Å²) in [6.07, 6.45) is 3.58. The van der Waals surface area contributed by atoms with Gasteiger partial charge >= 0.3 is 0 Å². The fraction of sp³-hybridized carbons (Fsp3) is 0.190. The second-order valence-corrected chi connectivity index (χ2v) is 6.68. The van der Waals surface area contributed by atoms with Gasteiger partial charge < -0.3 is 5.32 Å². The van der Waals surface area contributed by atoms with Crippen molar-refractivity contribution >= 4 is 16.8 Å². The summed E-state index contributed by atoms with van der Waals surface area (Å²) in [5.74, 6) is -3.02. The quantitative estimate of drug-likeness (QED) is 0.507. The maximum Gasteiger partial charge on any atom is 0.253 e. The lowest BCUT2D eigenvalue weighted by Crippen LogP contribution is -2.36. The lowest BCUT2D eigenvalue weighted by molar-refractivity contribution is 0.0936. The van der Waals surface area contributed by atoms with Gasteiger partial charge in [0.05, 0.1) is 5.56 Å². The van der Waals surface area contributed by atoms with E-state index in [0.717, 1.165) is 17.2 Å². The van der Waals surface area contributed by atoms with Crippen LogP contribution >= 0.6 is 0 Å². The zero-order valence-electron chi connectivity index (χ0n) is 15.2. The smallest absolute Gasteiger partial charge is 0.253 e. The Labute approximate surface area is 160 Å². The van der Waals surface area contributed by atoms with Crippen molar-refractivity contribution in [1.82, 2.24) is 15.3 Å². The van der Waals surface area contributed by atoms with Gasteiger partial charge in [-0.1, -0.05) is 11.6 Å². The molecule has 2 aromatic heterocycles. The van der Waals surface area contributed by atoms with Gasteiger partial charge in [0.25, 0.3) is 5.91 Å². The molecule has 1 amide bonds. The maximum atomic E-state index is 13.8. The molecule has 2 heterocycles. The number of nitrogens with zero attached hydrogens (tertiary/aromatic N) is 2. The summed E-state index contributed by atoms with van der Waals surface area (Å²) in [6, 6.07) is 6.39. The summed E-state index contributed by atoms with van der Waals surface area (Å²) < 4.78 is 40.1. The van der Waals surface area contributed by atoms with Gasteiger partial charge in [0, 0.05) is 23.8 Å². The van der Waals surface area contributed by atoms with Gasteiger partial charge in [-0.2, -0.15) is 4.39 Å². The van der Waals surface area contributed by atoms with Crippen LogP contribution in [0.1, 0.15) is 29.3 Å². The molecule has 1 unspecified atom stereocenters. The third-order valence-corrected chi connectivity index (χ3v) is 4.21. The molecule has 0 saturated heterocycles. The van der Waals surface area contributed by atoms with E-state index in [2.05, 4.69) is 21.9 Å². The second-order valence-electron chi connectivity index (χ2n) is 6.68. The molecule has 3 rings (SSSR count). The lowest BCUT2D eigenvalue weighted by atomic mass is 10.0. The van der Waals surface area contributed by atoms with Crippen molar-refractivity contribution in [3.8, 4) is 0 Å². The van der Waals surface area contributed by atoms with Crippen LogP contribution in [0.3, 0.4) is 0 Å². The molecule has 0 spiro atoms. The monoisotopic (exact) mass is 385 g/mol. The molecular weight excluding hydrogens is 367 g/mol. The van der Waals surface area contributed by atoms with Gasteiger partial charge in [0.2, 0.25) is 5.95 Å². The van der Waals surface area contributed by atoms with Gasteiger partial charge in [-0.15, -0.1) is 6.58 Å². The second kappa shape index (κ2) is 8.21. The Morgan fingerprint density at radius 3 is 2.61 bits per heavy atom. The van der Waals surface area contributed by atoms with Gasteiger partial charge in [-0.25, -0.2) is 13.8 Å². The number of fused-ring (bicyclic) bond motifs is 1. The zero-order valence-corrected chi connectivity index (χ0v) is 15.2. The van der Waals surface area contributed by atoms with Crippen molar-refractivity contribution in [2.45, 2.75) is 25.8 Å². The Kier molecular flexibility index (Phi) is 5.73. The molecule has 0 aliphatic rings. The van der Waals surface area contributed by atoms with Gasteiger partial charge in [0.15, 0.2) is 11.6 Å². The van der Waals surface area contributed by atoms with Crippen LogP contribution in [0.4, 0.5) is 13.2 Å². The number of aromatic nitrogens is 2. The molecule has 7 heteroatoms. The van der Waals surface area contributed by atoms with Crippen LogP contribution in [-0.2, 0) is 6.42 Å². The molecule has 0 radical (unpaired) electrons. The number of nitrogens with one attached hydrogen (secondary N) is 1. The largest absolute Gasteiger partial charge is 0.349 e.